The van der Waals surface area contributed by atoms with E-state index in [4.69, 9.17) is 9.25 Å². The highest BCUT2D eigenvalue weighted by atomic mass is 79.9. The van der Waals surface area contributed by atoms with Crippen LogP contribution in [0.25, 0.3) is 11.0 Å². The zero-order chi connectivity index (χ0) is 14.7. The van der Waals surface area contributed by atoms with E-state index in [0.717, 1.165) is 26.8 Å². The molecule has 0 bridgehead atoms. The summed E-state index contributed by atoms with van der Waals surface area (Å²) in [7, 11) is 0. The van der Waals surface area contributed by atoms with Crippen molar-refractivity contribution in [3.8, 4) is 0 Å². The first-order chi connectivity index (χ1) is 10.2. The van der Waals surface area contributed by atoms with Gasteiger partial charge >= 0.3 is 0 Å². The molecule has 1 N–H and O–H groups in total. The lowest BCUT2D eigenvalue weighted by atomic mass is 10.2. The molecule has 21 heavy (non-hydrogen) atoms. The van der Waals surface area contributed by atoms with Gasteiger partial charge in [-0.15, -0.1) is 0 Å². The Bertz CT molecular complexity index is 724. The van der Waals surface area contributed by atoms with Crippen molar-refractivity contribution in [3.63, 3.8) is 0 Å². The second-order valence-electron chi connectivity index (χ2n) is 4.94. The highest BCUT2D eigenvalue weighted by Gasteiger charge is 2.11. The van der Waals surface area contributed by atoms with Crippen LogP contribution >= 0.6 is 15.9 Å². The van der Waals surface area contributed by atoms with Gasteiger partial charge in [0.1, 0.15) is 11.3 Å². The Labute approximate surface area is 132 Å². The molecule has 108 valence electrons. The minimum atomic E-state index is -0.0140. The summed E-state index contributed by atoms with van der Waals surface area (Å²) in [4.78, 5) is 5.54. The van der Waals surface area contributed by atoms with Crippen LogP contribution in [0, 0.1) is 0 Å². The van der Waals surface area contributed by atoms with Gasteiger partial charge in [0.05, 0.1) is 12.6 Å². The van der Waals surface area contributed by atoms with Crippen molar-refractivity contribution < 1.29 is 9.25 Å². The Morgan fingerprint density at radius 2 is 1.95 bits per heavy atom. The molecule has 4 heteroatoms. The average Bonchev–Trinajstić information content (AvgIpc) is 2.91. The van der Waals surface area contributed by atoms with Crippen LogP contribution in [0.1, 0.15) is 24.3 Å². The molecular formula is C17H16BrNO2. The molecule has 0 aliphatic carbocycles. The second-order valence-corrected chi connectivity index (χ2v) is 5.86. The maximum absolute atomic E-state index is 5.82. The predicted molar refractivity (Wildman–Crippen MR) is 86.7 cm³/mol. The molecule has 1 unspecified atom stereocenters. The van der Waals surface area contributed by atoms with Gasteiger partial charge in [0, 0.05) is 9.86 Å². The van der Waals surface area contributed by atoms with Crippen LogP contribution in [-0.2, 0) is 11.4 Å². The number of fused-ring (bicyclic) bond motifs is 1. The zero-order valence-electron chi connectivity index (χ0n) is 11.7. The first-order valence-electron chi connectivity index (χ1n) is 6.82. The van der Waals surface area contributed by atoms with Gasteiger partial charge in [0.2, 0.25) is 0 Å². The standard InChI is InChI=1S/C17H16BrNO2/c1-12(19-20-11-13-5-3-2-4-6-13)17-10-14-9-15(18)7-8-16(14)21-17/h2-10,12,19H,11H2,1H3. The summed E-state index contributed by atoms with van der Waals surface area (Å²) in [5.74, 6) is 0.858. The van der Waals surface area contributed by atoms with Crippen molar-refractivity contribution in [3.05, 3.63) is 70.4 Å². The lowest BCUT2D eigenvalue weighted by Crippen LogP contribution is -2.18. The summed E-state index contributed by atoms with van der Waals surface area (Å²) in [6.07, 6.45) is 0. The van der Waals surface area contributed by atoms with Gasteiger partial charge in [-0.2, -0.15) is 5.48 Å². The van der Waals surface area contributed by atoms with Crippen LogP contribution in [0.3, 0.4) is 0 Å². The van der Waals surface area contributed by atoms with Crippen LogP contribution in [0.2, 0.25) is 0 Å². The van der Waals surface area contributed by atoms with Crippen molar-refractivity contribution in [2.45, 2.75) is 19.6 Å². The van der Waals surface area contributed by atoms with Crippen LogP contribution in [0.4, 0.5) is 0 Å². The molecule has 0 saturated carbocycles. The molecule has 0 spiro atoms. The smallest absolute Gasteiger partial charge is 0.134 e. The summed E-state index contributed by atoms with van der Waals surface area (Å²) < 4.78 is 6.87. The number of hydroxylamine groups is 1. The molecule has 1 heterocycles. The minimum absolute atomic E-state index is 0.0140. The number of nitrogens with one attached hydrogen (secondary N) is 1. The van der Waals surface area contributed by atoms with Gasteiger partial charge in [-0.25, -0.2) is 0 Å². The van der Waals surface area contributed by atoms with E-state index in [1.165, 1.54) is 0 Å². The molecular weight excluding hydrogens is 330 g/mol. The fraction of sp³-hybridized carbons (Fsp3) is 0.176. The first kappa shape index (κ1) is 14.3. The highest BCUT2D eigenvalue weighted by Crippen LogP contribution is 2.26. The highest BCUT2D eigenvalue weighted by molar-refractivity contribution is 9.10. The minimum Gasteiger partial charge on any atom is -0.459 e. The molecule has 0 radical (unpaired) electrons. The number of benzene rings is 2. The summed E-state index contributed by atoms with van der Waals surface area (Å²) in [6.45, 7) is 2.54. The Morgan fingerprint density at radius 1 is 1.14 bits per heavy atom. The maximum atomic E-state index is 5.82. The van der Waals surface area contributed by atoms with E-state index in [9.17, 15) is 0 Å². The number of hydrogen-bond donors (Lipinski definition) is 1. The van der Waals surface area contributed by atoms with Gasteiger partial charge < -0.3 is 4.42 Å². The summed E-state index contributed by atoms with van der Waals surface area (Å²) in [5, 5.41) is 1.08. The topological polar surface area (TPSA) is 34.4 Å². The Hall–Kier alpha value is -1.62. The van der Waals surface area contributed by atoms with Crippen LogP contribution in [0.5, 0.6) is 0 Å². The summed E-state index contributed by atoms with van der Waals surface area (Å²) >= 11 is 3.46. The van der Waals surface area contributed by atoms with Gasteiger partial charge in [-0.3, -0.25) is 4.84 Å². The fourth-order valence-corrected chi connectivity index (χ4v) is 2.51. The molecule has 3 aromatic rings. The summed E-state index contributed by atoms with van der Waals surface area (Å²) in [5.41, 5.74) is 5.03. The first-order valence-corrected chi connectivity index (χ1v) is 7.62. The quantitative estimate of drug-likeness (QED) is 0.662. The van der Waals surface area contributed by atoms with Crippen molar-refractivity contribution in [2.75, 3.05) is 0 Å². The molecule has 1 aromatic heterocycles. The Kier molecular flexibility index (Phi) is 4.39. The molecule has 0 fully saturated rings. The third kappa shape index (κ3) is 3.53. The largest absolute Gasteiger partial charge is 0.459 e. The zero-order valence-corrected chi connectivity index (χ0v) is 13.3. The van der Waals surface area contributed by atoms with Crippen LogP contribution < -0.4 is 5.48 Å². The normalized spacial score (nSPS) is 12.7. The van der Waals surface area contributed by atoms with Crippen molar-refractivity contribution in [1.29, 1.82) is 0 Å². The lowest BCUT2D eigenvalue weighted by molar-refractivity contribution is 0.00292. The maximum Gasteiger partial charge on any atom is 0.134 e. The number of halogens is 1. The molecule has 1 atom stereocenters. The second kappa shape index (κ2) is 6.43. The monoisotopic (exact) mass is 345 g/mol. The van der Waals surface area contributed by atoms with E-state index >= 15 is 0 Å². The van der Waals surface area contributed by atoms with Gasteiger partial charge in [-0.1, -0.05) is 46.3 Å². The Morgan fingerprint density at radius 3 is 2.76 bits per heavy atom. The number of hydrogen-bond acceptors (Lipinski definition) is 3. The molecule has 0 aliphatic heterocycles. The van der Waals surface area contributed by atoms with Crippen molar-refractivity contribution in [1.82, 2.24) is 5.48 Å². The van der Waals surface area contributed by atoms with Crippen molar-refractivity contribution in [2.24, 2.45) is 0 Å². The molecule has 2 aromatic carbocycles. The van der Waals surface area contributed by atoms with E-state index < -0.39 is 0 Å². The third-order valence-electron chi connectivity index (χ3n) is 3.27. The van der Waals surface area contributed by atoms with E-state index in [1.54, 1.807) is 0 Å². The molecule has 0 aliphatic rings. The Balaban J connectivity index is 1.62. The molecule has 0 saturated heterocycles. The summed E-state index contributed by atoms with van der Waals surface area (Å²) in [6, 6.07) is 18.0. The molecule has 0 amide bonds. The van der Waals surface area contributed by atoms with Gasteiger partial charge in [0.25, 0.3) is 0 Å². The van der Waals surface area contributed by atoms with Gasteiger partial charge in [0.15, 0.2) is 0 Å². The van der Waals surface area contributed by atoms with Crippen LogP contribution in [0.15, 0.2) is 63.5 Å². The molecule has 3 nitrogen and oxygen atoms in total. The molecule has 3 rings (SSSR count). The number of rotatable bonds is 5. The fourth-order valence-electron chi connectivity index (χ4n) is 2.13. The van der Waals surface area contributed by atoms with E-state index in [1.807, 2.05) is 61.5 Å². The van der Waals surface area contributed by atoms with E-state index in [-0.39, 0.29) is 6.04 Å². The van der Waals surface area contributed by atoms with E-state index in [2.05, 4.69) is 21.4 Å². The van der Waals surface area contributed by atoms with Gasteiger partial charge in [-0.05, 0) is 36.8 Å². The van der Waals surface area contributed by atoms with E-state index in [0.29, 0.717) is 6.61 Å². The van der Waals surface area contributed by atoms with Crippen LogP contribution in [-0.4, -0.2) is 0 Å². The van der Waals surface area contributed by atoms with Crippen molar-refractivity contribution >= 4 is 26.9 Å². The average molecular weight is 346 g/mol. The SMILES string of the molecule is CC(NOCc1ccccc1)c1cc2cc(Br)ccc2o1. The predicted octanol–water partition coefficient (Wildman–Crippen LogP) is 4.98. The number of furan rings is 1. The third-order valence-corrected chi connectivity index (χ3v) is 3.76. The lowest BCUT2D eigenvalue weighted by Gasteiger charge is -2.11.